The SMILES string of the molecule is N#Cc1ccccc1Oc1ccc(NC(=O)c2cnccn2)cc1F. The molecule has 1 heterocycles. The van der Waals surface area contributed by atoms with Crippen molar-refractivity contribution in [3.05, 3.63) is 78.1 Å². The Kier molecular flexibility index (Phi) is 4.62. The predicted molar refractivity (Wildman–Crippen MR) is 87.6 cm³/mol. The Bertz CT molecular complexity index is 955. The molecule has 0 spiro atoms. The number of carbonyl (C=O) groups excluding carboxylic acids is 1. The molecule has 25 heavy (non-hydrogen) atoms. The number of nitrogens with one attached hydrogen (secondary N) is 1. The third-order valence-corrected chi connectivity index (χ3v) is 3.21. The summed E-state index contributed by atoms with van der Waals surface area (Å²) in [5, 5.41) is 11.6. The molecule has 1 aromatic heterocycles. The smallest absolute Gasteiger partial charge is 0.275 e. The maximum Gasteiger partial charge on any atom is 0.275 e. The van der Waals surface area contributed by atoms with Crippen LogP contribution in [0.2, 0.25) is 0 Å². The average molecular weight is 334 g/mol. The van der Waals surface area contributed by atoms with Crippen LogP contribution in [0.15, 0.2) is 61.1 Å². The van der Waals surface area contributed by atoms with Crippen molar-refractivity contribution in [2.45, 2.75) is 0 Å². The highest BCUT2D eigenvalue weighted by molar-refractivity contribution is 6.02. The standard InChI is InChI=1S/C18H11FN4O2/c19-14-9-13(23-18(24)15-11-21-7-8-22-15)5-6-17(14)25-16-4-2-1-3-12(16)10-20/h1-9,11H,(H,23,24). The van der Waals surface area contributed by atoms with Gasteiger partial charge in [0.25, 0.3) is 5.91 Å². The number of amides is 1. The molecule has 0 aliphatic rings. The Morgan fingerprint density at radius 2 is 2.00 bits per heavy atom. The molecule has 1 amide bonds. The molecule has 0 aliphatic carbocycles. The normalized spacial score (nSPS) is 9.92. The van der Waals surface area contributed by atoms with E-state index in [0.29, 0.717) is 5.56 Å². The maximum absolute atomic E-state index is 14.2. The first kappa shape index (κ1) is 16.1. The minimum atomic E-state index is -0.676. The minimum Gasteiger partial charge on any atom is -0.453 e. The first-order valence-corrected chi connectivity index (χ1v) is 7.21. The number of anilines is 1. The number of hydrogen-bond donors (Lipinski definition) is 1. The molecule has 0 saturated carbocycles. The number of rotatable bonds is 4. The molecular weight excluding hydrogens is 323 g/mol. The maximum atomic E-state index is 14.2. The summed E-state index contributed by atoms with van der Waals surface area (Å²) in [7, 11) is 0. The zero-order valence-corrected chi connectivity index (χ0v) is 12.8. The fourth-order valence-corrected chi connectivity index (χ4v) is 2.04. The van der Waals surface area contributed by atoms with Crippen molar-refractivity contribution in [3.63, 3.8) is 0 Å². The van der Waals surface area contributed by atoms with E-state index < -0.39 is 11.7 Å². The van der Waals surface area contributed by atoms with Crippen molar-refractivity contribution in [3.8, 4) is 17.6 Å². The Morgan fingerprint density at radius 3 is 2.72 bits per heavy atom. The lowest BCUT2D eigenvalue weighted by Gasteiger charge is -2.10. The molecule has 7 heteroatoms. The lowest BCUT2D eigenvalue weighted by Crippen LogP contribution is -2.13. The summed E-state index contributed by atoms with van der Waals surface area (Å²) < 4.78 is 19.7. The predicted octanol–water partition coefficient (Wildman–Crippen LogP) is 3.53. The molecule has 2 aromatic carbocycles. The molecule has 6 nitrogen and oxygen atoms in total. The fourth-order valence-electron chi connectivity index (χ4n) is 2.04. The molecular formula is C18H11FN4O2. The van der Waals surface area contributed by atoms with Gasteiger partial charge in [-0.2, -0.15) is 5.26 Å². The molecule has 3 rings (SSSR count). The van der Waals surface area contributed by atoms with E-state index in [-0.39, 0.29) is 22.9 Å². The highest BCUT2D eigenvalue weighted by atomic mass is 19.1. The van der Waals surface area contributed by atoms with E-state index in [4.69, 9.17) is 10.00 Å². The van der Waals surface area contributed by atoms with Gasteiger partial charge < -0.3 is 10.1 Å². The van der Waals surface area contributed by atoms with Crippen LogP contribution in [0.4, 0.5) is 10.1 Å². The van der Waals surface area contributed by atoms with E-state index in [0.717, 1.165) is 6.07 Å². The van der Waals surface area contributed by atoms with Gasteiger partial charge in [-0.25, -0.2) is 9.37 Å². The molecule has 122 valence electrons. The molecule has 0 radical (unpaired) electrons. The van der Waals surface area contributed by atoms with E-state index >= 15 is 0 Å². The van der Waals surface area contributed by atoms with Gasteiger partial charge in [0.05, 0.1) is 11.8 Å². The lowest BCUT2D eigenvalue weighted by molar-refractivity contribution is 0.102. The van der Waals surface area contributed by atoms with Crippen molar-refractivity contribution in [2.75, 3.05) is 5.32 Å². The number of nitriles is 1. The number of ether oxygens (including phenoxy) is 1. The van der Waals surface area contributed by atoms with Crippen LogP contribution in [0.3, 0.4) is 0 Å². The van der Waals surface area contributed by atoms with Crippen LogP contribution in [0.25, 0.3) is 0 Å². The van der Waals surface area contributed by atoms with E-state index in [1.54, 1.807) is 24.3 Å². The molecule has 0 unspecified atom stereocenters. The third kappa shape index (κ3) is 3.76. The van der Waals surface area contributed by atoms with Gasteiger partial charge in [-0.15, -0.1) is 0 Å². The summed E-state index contributed by atoms with van der Waals surface area (Å²) in [6, 6.07) is 12.5. The topological polar surface area (TPSA) is 87.9 Å². The summed E-state index contributed by atoms with van der Waals surface area (Å²) in [6.45, 7) is 0. The quantitative estimate of drug-likeness (QED) is 0.788. The average Bonchev–Trinajstić information content (AvgIpc) is 2.65. The number of carbonyl (C=O) groups is 1. The number of aromatic nitrogens is 2. The fraction of sp³-hybridized carbons (Fsp3) is 0. The Hall–Kier alpha value is -3.79. The molecule has 0 fully saturated rings. The highest BCUT2D eigenvalue weighted by Gasteiger charge is 2.12. The Labute approximate surface area is 142 Å². The van der Waals surface area contributed by atoms with Crippen LogP contribution >= 0.6 is 0 Å². The van der Waals surface area contributed by atoms with Crippen molar-refractivity contribution in [1.29, 1.82) is 5.26 Å². The summed E-state index contributed by atoms with van der Waals surface area (Å²) >= 11 is 0. The lowest BCUT2D eigenvalue weighted by atomic mass is 10.2. The number of benzene rings is 2. The van der Waals surface area contributed by atoms with Crippen molar-refractivity contribution in [2.24, 2.45) is 0 Å². The van der Waals surface area contributed by atoms with Crippen LogP contribution in [-0.2, 0) is 0 Å². The summed E-state index contributed by atoms with van der Waals surface area (Å²) in [5.74, 6) is -0.985. The van der Waals surface area contributed by atoms with Gasteiger partial charge in [0.15, 0.2) is 11.6 Å². The highest BCUT2D eigenvalue weighted by Crippen LogP contribution is 2.28. The zero-order valence-electron chi connectivity index (χ0n) is 12.8. The van der Waals surface area contributed by atoms with E-state index in [1.807, 2.05) is 6.07 Å². The molecule has 0 saturated heterocycles. The second-order valence-electron chi connectivity index (χ2n) is 4.90. The number of nitrogens with zero attached hydrogens (tertiary/aromatic N) is 3. The Balaban J connectivity index is 1.77. The van der Waals surface area contributed by atoms with Gasteiger partial charge in [-0.3, -0.25) is 9.78 Å². The minimum absolute atomic E-state index is 0.0554. The molecule has 0 atom stereocenters. The second kappa shape index (κ2) is 7.19. The van der Waals surface area contributed by atoms with Crippen LogP contribution in [-0.4, -0.2) is 15.9 Å². The molecule has 3 aromatic rings. The van der Waals surface area contributed by atoms with Gasteiger partial charge >= 0.3 is 0 Å². The van der Waals surface area contributed by atoms with Crippen LogP contribution < -0.4 is 10.1 Å². The van der Waals surface area contributed by atoms with E-state index in [9.17, 15) is 9.18 Å². The van der Waals surface area contributed by atoms with Crippen molar-refractivity contribution < 1.29 is 13.9 Å². The number of para-hydroxylation sites is 1. The monoisotopic (exact) mass is 334 g/mol. The zero-order chi connectivity index (χ0) is 17.6. The first-order chi connectivity index (χ1) is 12.2. The van der Waals surface area contributed by atoms with E-state index in [2.05, 4.69) is 15.3 Å². The largest absolute Gasteiger partial charge is 0.453 e. The van der Waals surface area contributed by atoms with Crippen molar-refractivity contribution >= 4 is 11.6 Å². The van der Waals surface area contributed by atoms with Gasteiger partial charge in [0.1, 0.15) is 17.5 Å². The third-order valence-electron chi connectivity index (χ3n) is 3.21. The van der Waals surface area contributed by atoms with Crippen LogP contribution in [0, 0.1) is 17.1 Å². The summed E-state index contributed by atoms with van der Waals surface area (Å²) in [6.07, 6.45) is 4.14. The number of hydrogen-bond acceptors (Lipinski definition) is 5. The Morgan fingerprint density at radius 1 is 1.16 bits per heavy atom. The van der Waals surface area contributed by atoms with Gasteiger partial charge in [-0.05, 0) is 24.3 Å². The van der Waals surface area contributed by atoms with Crippen LogP contribution in [0.5, 0.6) is 11.5 Å². The summed E-state index contributed by atoms with van der Waals surface area (Å²) in [4.78, 5) is 19.6. The van der Waals surface area contributed by atoms with Crippen LogP contribution in [0.1, 0.15) is 16.1 Å². The first-order valence-electron chi connectivity index (χ1n) is 7.21. The summed E-state index contributed by atoms with van der Waals surface area (Å²) in [5.41, 5.74) is 0.655. The van der Waals surface area contributed by atoms with Crippen molar-refractivity contribution in [1.82, 2.24) is 9.97 Å². The van der Waals surface area contributed by atoms with Gasteiger partial charge in [0, 0.05) is 24.1 Å². The molecule has 0 aliphatic heterocycles. The van der Waals surface area contributed by atoms with Gasteiger partial charge in [0.2, 0.25) is 0 Å². The second-order valence-corrected chi connectivity index (χ2v) is 4.90. The van der Waals surface area contributed by atoms with E-state index in [1.165, 1.54) is 30.7 Å². The molecule has 0 bridgehead atoms. The molecule has 1 N–H and O–H groups in total. The number of halogens is 1. The van der Waals surface area contributed by atoms with Gasteiger partial charge in [-0.1, -0.05) is 12.1 Å².